The predicted octanol–water partition coefficient (Wildman–Crippen LogP) is 4.51. The molecule has 0 atom stereocenters. The third-order valence-corrected chi connectivity index (χ3v) is 3.51. The second-order valence-electron chi connectivity index (χ2n) is 5.74. The van der Waals surface area contributed by atoms with Crippen LogP contribution in [0.2, 0.25) is 15.1 Å². The van der Waals surface area contributed by atoms with Gasteiger partial charge < -0.3 is 9.84 Å². The van der Waals surface area contributed by atoms with Gasteiger partial charge in [-0.3, -0.25) is 4.79 Å². The maximum Gasteiger partial charge on any atom is 0.232 e. The lowest BCUT2D eigenvalue weighted by molar-refractivity contribution is -0.115. The highest BCUT2D eigenvalue weighted by molar-refractivity contribution is 6.42. The van der Waals surface area contributed by atoms with Crippen molar-refractivity contribution in [3.05, 3.63) is 38.9 Å². The van der Waals surface area contributed by atoms with Crippen LogP contribution in [-0.4, -0.2) is 16.0 Å². The average Bonchev–Trinajstić information content (AvgIpc) is 2.82. The van der Waals surface area contributed by atoms with E-state index in [1.54, 1.807) is 0 Å². The molecule has 2 rings (SSSR count). The zero-order chi connectivity index (χ0) is 16.5. The number of halogens is 3. The highest BCUT2D eigenvalue weighted by Gasteiger charge is 2.22. The van der Waals surface area contributed by atoms with E-state index in [2.05, 4.69) is 15.5 Å². The molecule has 0 aliphatic heterocycles. The highest BCUT2D eigenvalue weighted by Crippen LogP contribution is 2.33. The molecule has 1 amide bonds. The molecule has 1 aromatic carbocycles. The summed E-state index contributed by atoms with van der Waals surface area (Å²) in [4.78, 5) is 16.2. The number of carbonyl (C=O) groups is 1. The Hall–Kier alpha value is -1.30. The van der Waals surface area contributed by atoms with Gasteiger partial charge in [0.05, 0.1) is 22.2 Å². The van der Waals surface area contributed by atoms with Gasteiger partial charge in [0.15, 0.2) is 5.82 Å². The van der Waals surface area contributed by atoms with Crippen molar-refractivity contribution in [2.75, 3.05) is 5.32 Å². The van der Waals surface area contributed by atoms with Crippen molar-refractivity contribution >= 4 is 46.4 Å². The summed E-state index contributed by atoms with van der Waals surface area (Å²) in [6, 6.07) is 2.99. The van der Waals surface area contributed by atoms with Gasteiger partial charge in [-0.05, 0) is 12.1 Å². The summed E-state index contributed by atoms with van der Waals surface area (Å²) >= 11 is 17.8. The molecule has 1 heterocycles. The SMILES string of the molecule is CC(C)(C)c1nc(CC(=O)Nc2c(Cl)cc(Cl)cc2Cl)no1. The monoisotopic (exact) mass is 361 g/mol. The number of hydrogen-bond acceptors (Lipinski definition) is 4. The van der Waals surface area contributed by atoms with Crippen LogP contribution in [0.1, 0.15) is 32.5 Å². The molecule has 1 N–H and O–H groups in total. The maximum atomic E-state index is 12.0. The van der Waals surface area contributed by atoms with Crippen LogP contribution in [0, 0.1) is 0 Å². The minimum absolute atomic E-state index is 0.0468. The summed E-state index contributed by atoms with van der Waals surface area (Å²) < 4.78 is 5.13. The molecular weight excluding hydrogens is 349 g/mol. The zero-order valence-electron chi connectivity index (χ0n) is 12.2. The predicted molar refractivity (Wildman–Crippen MR) is 86.8 cm³/mol. The fraction of sp³-hybridized carbons (Fsp3) is 0.357. The van der Waals surface area contributed by atoms with Crippen molar-refractivity contribution in [3.63, 3.8) is 0 Å². The molecule has 2 aromatic rings. The highest BCUT2D eigenvalue weighted by atomic mass is 35.5. The van der Waals surface area contributed by atoms with Gasteiger partial charge in [0.2, 0.25) is 11.8 Å². The van der Waals surface area contributed by atoms with Crippen LogP contribution in [0.5, 0.6) is 0 Å². The van der Waals surface area contributed by atoms with Gasteiger partial charge in [-0.2, -0.15) is 4.98 Å². The first-order valence-electron chi connectivity index (χ1n) is 6.44. The third kappa shape index (κ3) is 4.12. The number of hydrogen-bond donors (Lipinski definition) is 1. The number of anilines is 1. The lowest BCUT2D eigenvalue weighted by Crippen LogP contribution is -2.16. The van der Waals surface area contributed by atoms with Crippen LogP contribution in [0.25, 0.3) is 0 Å². The van der Waals surface area contributed by atoms with Crippen molar-refractivity contribution in [3.8, 4) is 0 Å². The van der Waals surface area contributed by atoms with Crippen molar-refractivity contribution in [2.45, 2.75) is 32.6 Å². The Balaban J connectivity index is 2.09. The number of rotatable bonds is 3. The second kappa shape index (κ2) is 6.44. The average molecular weight is 363 g/mol. The van der Waals surface area contributed by atoms with Crippen molar-refractivity contribution in [2.24, 2.45) is 0 Å². The third-order valence-electron chi connectivity index (χ3n) is 2.70. The molecule has 22 heavy (non-hydrogen) atoms. The lowest BCUT2D eigenvalue weighted by atomic mass is 9.97. The molecular formula is C14H14Cl3N3O2. The Bertz CT molecular complexity index is 685. The first-order chi connectivity index (χ1) is 10.2. The van der Waals surface area contributed by atoms with E-state index in [0.717, 1.165) is 0 Å². The Morgan fingerprint density at radius 3 is 2.32 bits per heavy atom. The number of nitrogens with one attached hydrogen (secondary N) is 1. The summed E-state index contributed by atoms with van der Waals surface area (Å²) in [6.07, 6.45) is -0.0468. The molecule has 118 valence electrons. The molecule has 0 aliphatic carbocycles. The topological polar surface area (TPSA) is 68.0 Å². The van der Waals surface area contributed by atoms with E-state index >= 15 is 0 Å². The van der Waals surface area contributed by atoms with Crippen LogP contribution in [0.3, 0.4) is 0 Å². The van der Waals surface area contributed by atoms with Crippen LogP contribution in [-0.2, 0) is 16.6 Å². The molecule has 0 fully saturated rings. The van der Waals surface area contributed by atoms with Gasteiger partial charge >= 0.3 is 0 Å². The number of nitrogens with zero attached hydrogens (tertiary/aromatic N) is 2. The Kier molecular flexibility index (Phi) is 5.00. The summed E-state index contributed by atoms with van der Waals surface area (Å²) in [5, 5.41) is 7.32. The molecule has 0 bridgehead atoms. The van der Waals surface area contributed by atoms with E-state index in [4.69, 9.17) is 39.3 Å². The van der Waals surface area contributed by atoms with Crippen LogP contribution >= 0.6 is 34.8 Å². The largest absolute Gasteiger partial charge is 0.339 e. The molecule has 0 saturated carbocycles. The molecule has 0 saturated heterocycles. The van der Waals surface area contributed by atoms with Gasteiger partial charge in [-0.25, -0.2) is 0 Å². The molecule has 0 unspecified atom stereocenters. The number of benzene rings is 1. The van der Waals surface area contributed by atoms with E-state index < -0.39 is 0 Å². The van der Waals surface area contributed by atoms with Crippen LogP contribution in [0.15, 0.2) is 16.7 Å². The van der Waals surface area contributed by atoms with Crippen molar-refractivity contribution in [1.82, 2.24) is 10.1 Å². The fourth-order valence-electron chi connectivity index (χ4n) is 1.62. The molecule has 0 radical (unpaired) electrons. The molecule has 0 aliphatic rings. The summed E-state index contributed by atoms with van der Waals surface area (Å²) in [6.45, 7) is 5.83. The normalized spacial score (nSPS) is 11.5. The summed E-state index contributed by atoms with van der Waals surface area (Å²) in [5.41, 5.74) is 0.0297. The number of aromatic nitrogens is 2. The van der Waals surface area contributed by atoms with E-state index in [-0.39, 0.29) is 27.8 Å². The molecule has 5 nitrogen and oxygen atoms in total. The van der Waals surface area contributed by atoms with E-state index in [1.165, 1.54) is 12.1 Å². The Morgan fingerprint density at radius 1 is 1.23 bits per heavy atom. The first-order valence-corrected chi connectivity index (χ1v) is 7.57. The maximum absolute atomic E-state index is 12.0. The smallest absolute Gasteiger partial charge is 0.232 e. The second-order valence-corrected chi connectivity index (χ2v) is 6.99. The zero-order valence-corrected chi connectivity index (χ0v) is 14.5. The first kappa shape index (κ1) is 17.1. The summed E-state index contributed by atoms with van der Waals surface area (Å²) in [7, 11) is 0. The minimum Gasteiger partial charge on any atom is -0.339 e. The van der Waals surface area contributed by atoms with E-state index in [9.17, 15) is 4.79 Å². The number of amides is 1. The van der Waals surface area contributed by atoms with Crippen LogP contribution < -0.4 is 5.32 Å². The Labute approximate surface area is 142 Å². The van der Waals surface area contributed by atoms with Crippen LogP contribution in [0.4, 0.5) is 5.69 Å². The van der Waals surface area contributed by atoms with E-state index in [0.29, 0.717) is 22.4 Å². The standard InChI is InChI=1S/C14H14Cl3N3O2/c1-14(2,3)13-18-10(20-22-13)6-11(21)19-12-8(16)4-7(15)5-9(12)17/h4-5H,6H2,1-3H3,(H,19,21). The lowest BCUT2D eigenvalue weighted by Gasteiger charge is -2.10. The fourth-order valence-corrected chi connectivity index (χ4v) is 2.53. The van der Waals surface area contributed by atoms with Gasteiger partial charge in [-0.1, -0.05) is 60.7 Å². The van der Waals surface area contributed by atoms with Crippen molar-refractivity contribution < 1.29 is 9.32 Å². The molecule has 8 heteroatoms. The van der Waals surface area contributed by atoms with Gasteiger partial charge in [0.25, 0.3) is 0 Å². The van der Waals surface area contributed by atoms with Gasteiger partial charge in [-0.15, -0.1) is 0 Å². The molecule has 1 aromatic heterocycles. The number of carbonyl (C=O) groups excluding carboxylic acids is 1. The minimum atomic E-state index is -0.354. The van der Waals surface area contributed by atoms with E-state index in [1.807, 2.05) is 20.8 Å². The Morgan fingerprint density at radius 2 is 1.82 bits per heavy atom. The quantitative estimate of drug-likeness (QED) is 0.872. The van der Waals surface area contributed by atoms with Crippen molar-refractivity contribution in [1.29, 1.82) is 0 Å². The summed E-state index contributed by atoms with van der Waals surface area (Å²) in [5.74, 6) is 0.411. The van der Waals surface area contributed by atoms with Gasteiger partial charge in [0.1, 0.15) is 0 Å². The van der Waals surface area contributed by atoms with Gasteiger partial charge in [0, 0.05) is 10.4 Å². The molecule has 0 spiro atoms.